The SMILES string of the molecule is CCN(CCOC)C1CC2CC2C1. The summed E-state index contributed by atoms with van der Waals surface area (Å²) in [6, 6.07) is 0.879. The van der Waals surface area contributed by atoms with Crippen molar-refractivity contribution in [2.75, 3.05) is 26.8 Å². The number of methoxy groups -OCH3 is 1. The van der Waals surface area contributed by atoms with Gasteiger partial charge in [-0.15, -0.1) is 0 Å². The monoisotopic (exact) mass is 183 g/mol. The molecule has 0 aromatic heterocycles. The van der Waals surface area contributed by atoms with Crippen LogP contribution in [-0.2, 0) is 4.74 Å². The van der Waals surface area contributed by atoms with E-state index in [9.17, 15) is 0 Å². The van der Waals surface area contributed by atoms with Crippen LogP contribution in [0.2, 0.25) is 0 Å². The van der Waals surface area contributed by atoms with Crippen LogP contribution in [0.15, 0.2) is 0 Å². The van der Waals surface area contributed by atoms with Crippen molar-refractivity contribution < 1.29 is 4.74 Å². The Bertz CT molecular complexity index is 161. The highest BCUT2D eigenvalue weighted by molar-refractivity contribution is 4.99. The van der Waals surface area contributed by atoms with Crippen molar-refractivity contribution in [3.63, 3.8) is 0 Å². The fourth-order valence-corrected chi connectivity index (χ4v) is 2.79. The van der Waals surface area contributed by atoms with E-state index >= 15 is 0 Å². The molecular weight excluding hydrogens is 162 g/mol. The van der Waals surface area contributed by atoms with Crippen LogP contribution in [0.5, 0.6) is 0 Å². The molecule has 0 radical (unpaired) electrons. The van der Waals surface area contributed by atoms with E-state index in [0.29, 0.717) is 0 Å². The van der Waals surface area contributed by atoms with E-state index in [-0.39, 0.29) is 0 Å². The van der Waals surface area contributed by atoms with Gasteiger partial charge >= 0.3 is 0 Å². The van der Waals surface area contributed by atoms with Crippen LogP contribution in [-0.4, -0.2) is 37.7 Å². The summed E-state index contributed by atoms with van der Waals surface area (Å²) in [7, 11) is 1.79. The minimum atomic E-state index is 0.879. The van der Waals surface area contributed by atoms with E-state index in [2.05, 4.69) is 11.8 Å². The topological polar surface area (TPSA) is 12.5 Å². The van der Waals surface area contributed by atoms with Crippen LogP contribution < -0.4 is 0 Å². The molecule has 2 unspecified atom stereocenters. The molecule has 0 aliphatic heterocycles. The van der Waals surface area contributed by atoms with Gasteiger partial charge in [0.1, 0.15) is 0 Å². The van der Waals surface area contributed by atoms with Gasteiger partial charge in [-0.05, 0) is 37.6 Å². The Morgan fingerprint density at radius 3 is 2.46 bits per heavy atom. The molecule has 2 rings (SSSR count). The summed E-state index contributed by atoms with van der Waals surface area (Å²) in [4.78, 5) is 2.59. The fraction of sp³-hybridized carbons (Fsp3) is 1.00. The quantitative estimate of drug-likeness (QED) is 0.644. The van der Waals surface area contributed by atoms with Gasteiger partial charge in [0.15, 0.2) is 0 Å². The molecule has 2 aliphatic rings. The van der Waals surface area contributed by atoms with Crippen LogP contribution in [0.4, 0.5) is 0 Å². The first-order chi connectivity index (χ1) is 6.35. The minimum absolute atomic E-state index is 0.879. The van der Waals surface area contributed by atoms with Crippen molar-refractivity contribution in [2.24, 2.45) is 11.8 Å². The van der Waals surface area contributed by atoms with Crippen LogP contribution >= 0.6 is 0 Å². The molecule has 0 amide bonds. The molecule has 0 heterocycles. The predicted molar refractivity (Wildman–Crippen MR) is 53.7 cm³/mol. The maximum Gasteiger partial charge on any atom is 0.0589 e. The molecule has 0 spiro atoms. The molecule has 2 aliphatic carbocycles. The van der Waals surface area contributed by atoms with Gasteiger partial charge in [0, 0.05) is 19.7 Å². The van der Waals surface area contributed by atoms with Crippen molar-refractivity contribution in [3.05, 3.63) is 0 Å². The number of likely N-dealkylation sites (N-methyl/N-ethyl adjacent to an activating group) is 1. The lowest BCUT2D eigenvalue weighted by Gasteiger charge is -2.28. The van der Waals surface area contributed by atoms with E-state index in [0.717, 1.165) is 31.0 Å². The van der Waals surface area contributed by atoms with Gasteiger partial charge in [0.2, 0.25) is 0 Å². The first-order valence-electron chi connectivity index (χ1n) is 5.58. The van der Waals surface area contributed by atoms with Gasteiger partial charge in [-0.3, -0.25) is 4.90 Å². The van der Waals surface area contributed by atoms with Gasteiger partial charge in [-0.1, -0.05) is 6.92 Å². The average molecular weight is 183 g/mol. The van der Waals surface area contributed by atoms with Crippen LogP contribution in [0.1, 0.15) is 26.2 Å². The zero-order chi connectivity index (χ0) is 9.26. The molecule has 13 heavy (non-hydrogen) atoms. The van der Waals surface area contributed by atoms with Crippen molar-refractivity contribution in [1.82, 2.24) is 4.90 Å². The molecule has 0 aromatic rings. The molecule has 2 fully saturated rings. The molecule has 0 N–H and O–H groups in total. The lowest BCUT2D eigenvalue weighted by Crippen LogP contribution is -2.36. The Morgan fingerprint density at radius 2 is 1.92 bits per heavy atom. The van der Waals surface area contributed by atoms with Gasteiger partial charge < -0.3 is 4.74 Å². The van der Waals surface area contributed by atoms with E-state index < -0.39 is 0 Å². The second kappa shape index (κ2) is 3.97. The van der Waals surface area contributed by atoms with Crippen molar-refractivity contribution in [1.29, 1.82) is 0 Å². The first kappa shape index (κ1) is 9.47. The third-order valence-corrected chi connectivity index (χ3v) is 3.72. The minimum Gasteiger partial charge on any atom is -0.383 e. The molecule has 2 heteroatoms. The second-order valence-corrected chi connectivity index (χ2v) is 4.50. The van der Waals surface area contributed by atoms with E-state index in [4.69, 9.17) is 4.74 Å². The summed E-state index contributed by atoms with van der Waals surface area (Å²) in [5.41, 5.74) is 0. The summed E-state index contributed by atoms with van der Waals surface area (Å²) < 4.78 is 5.13. The van der Waals surface area contributed by atoms with Crippen LogP contribution in [0, 0.1) is 11.8 Å². The standard InChI is InChI=1S/C11H21NO/c1-3-12(4-5-13-2)11-7-9-6-10(9)8-11/h9-11H,3-8H2,1-2H3. The highest BCUT2D eigenvalue weighted by Gasteiger charge is 2.46. The number of rotatable bonds is 5. The summed E-state index contributed by atoms with van der Waals surface area (Å²) >= 11 is 0. The third kappa shape index (κ3) is 2.05. The molecular formula is C11H21NO. The first-order valence-corrected chi connectivity index (χ1v) is 5.58. The lowest BCUT2D eigenvalue weighted by molar-refractivity contribution is 0.120. The Morgan fingerprint density at radius 1 is 1.23 bits per heavy atom. The maximum atomic E-state index is 5.13. The predicted octanol–water partition coefficient (Wildman–Crippen LogP) is 1.75. The number of nitrogens with zero attached hydrogens (tertiary/aromatic N) is 1. The van der Waals surface area contributed by atoms with E-state index in [1.165, 1.54) is 25.8 Å². The van der Waals surface area contributed by atoms with Crippen LogP contribution in [0.25, 0.3) is 0 Å². The molecule has 76 valence electrons. The lowest BCUT2D eigenvalue weighted by atomic mass is 10.1. The largest absolute Gasteiger partial charge is 0.383 e. The normalized spacial score (nSPS) is 36.7. The van der Waals surface area contributed by atoms with Gasteiger partial charge in [-0.2, -0.15) is 0 Å². The highest BCUT2D eigenvalue weighted by atomic mass is 16.5. The average Bonchev–Trinajstić information content (AvgIpc) is 2.75. The second-order valence-electron chi connectivity index (χ2n) is 4.50. The summed E-state index contributed by atoms with van der Waals surface area (Å²) in [5, 5.41) is 0. The molecule has 2 atom stereocenters. The van der Waals surface area contributed by atoms with E-state index in [1.807, 2.05) is 0 Å². The molecule has 0 aromatic carbocycles. The molecule has 2 saturated carbocycles. The Hall–Kier alpha value is -0.0800. The fourth-order valence-electron chi connectivity index (χ4n) is 2.79. The number of hydrogen-bond donors (Lipinski definition) is 0. The molecule has 2 nitrogen and oxygen atoms in total. The van der Waals surface area contributed by atoms with Crippen molar-refractivity contribution in [3.8, 4) is 0 Å². The summed E-state index contributed by atoms with van der Waals surface area (Å²) in [6.45, 7) is 5.46. The Kier molecular flexibility index (Phi) is 2.89. The van der Waals surface area contributed by atoms with Gasteiger partial charge in [-0.25, -0.2) is 0 Å². The highest BCUT2D eigenvalue weighted by Crippen LogP contribution is 2.52. The van der Waals surface area contributed by atoms with Crippen molar-refractivity contribution >= 4 is 0 Å². The maximum absolute atomic E-state index is 5.13. The number of fused-ring (bicyclic) bond motifs is 1. The summed E-state index contributed by atoms with van der Waals surface area (Å²) in [6.07, 6.45) is 4.45. The van der Waals surface area contributed by atoms with E-state index in [1.54, 1.807) is 7.11 Å². The summed E-state index contributed by atoms with van der Waals surface area (Å²) in [5.74, 6) is 2.20. The van der Waals surface area contributed by atoms with Gasteiger partial charge in [0.05, 0.1) is 6.61 Å². The Balaban J connectivity index is 1.75. The molecule has 0 saturated heterocycles. The van der Waals surface area contributed by atoms with Crippen molar-refractivity contribution in [2.45, 2.75) is 32.2 Å². The van der Waals surface area contributed by atoms with Gasteiger partial charge in [0.25, 0.3) is 0 Å². The third-order valence-electron chi connectivity index (χ3n) is 3.72. The Labute approximate surface area is 81.3 Å². The number of hydrogen-bond acceptors (Lipinski definition) is 2. The molecule has 0 bridgehead atoms. The smallest absolute Gasteiger partial charge is 0.0589 e. The zero-order valence-corrected chi connectivity index (χ0v) is 8.83. The zero-order valence-electron chi connectivity index (χ0n) is 8.83. The number of ether oxygens (including phenoxy) is 1. The van der Waals surface area contributed by atoms with Crippen LogP contribution in [0.3, 0.4) is 0 Å².